The molecule has 0 radical (unpaired) electrons. The Bertz CT molecular complexity index is 458. The van der Waals surface area contributed by atoms with Gasteiger partial charge in [-0.2, -0.15) is 0 Å². The van der Waals surface area contributed by atoms with Crippen molar-refractivity contribution in [2.45, 2.75) is 12.5 Å². The Morgan fingerprint density at radius 1 is 1.35 bits per heavy atom. The second-order valence-electron chi connectivity index (χ2n) is 4.39. The third-order valence-electron chi connectivity index (χ3n) is 2.87. The molecule has 4 N–H and O–H groups in total. The second-order valence-corrected chi connectivity index (χ2v) is 4.39. The minimum absolute atomic E-state index is 0. The number of rotatable bonds is 4. The summed E-state index contributed by atoms with van der Waals surface area (Å²) in [6.45, 7) is 2.14. The summed E-state index contributed by atoms with van der Waals surface area (Å²) in [5, 5.41) is 5.92. The van der Waals surface area contributed by atoms with E-state index >= 15 is 0 Å². The Morgan fingerprint density at radius 2 is 2.05 bits per heavy atom. The van der Waals surface area contributed by atoms with Gasteiger partial charge in [0.15, 0.2) is 0 Å². The molecule has 0 aliphatic carbocycles. The number of ether oxygens (including phenoxy) is 1. The molecular weight excluding hydrogens is 282 g/mol. The van der Waals surface area contributed by atoms with Gasteiger partial charge in [-0.3, -0.25) is 9.59 Å². The van der Waals surface area contributed by atoms with Crippen LogP contribution < -0.4 is 16.4 Å². The maximum Gasteiger partial charge on any atom is 0.248 e. The van der Waals surface area contributed by atoms with Gasteiger partial charge in [0.05, 0.1) is 19.1 Å². The van der Waals surface area contributed by atoms with E-state index in [1.807, 2.05) is 0 Å². The van der Waals surface area contributed by atoms with E-state index in [1.54, 1.807) is 24.3 Å². The summed E-state index contributed by atoms with van der Waals surface area (Å²) in [4.78, 5) is 22.7. The highest BCUT2D eigenvalue weighted by Gasteiger charge is 2.17. The van der Waals surface area contributed by atoms with Gasteiger partial charge in [0.2, 0.25) is 11.8 Å². The lowest BCUT2D eigenvalue weighted by Crippen LogP contribution is -2.40. The van der Waals surface area contributed by atoms with Crippen LogP contribution in [0, 0.1) is 0 Å². The van der Waals surface area contributed by atoms with E-state index in [-0.39, 0.29) is 24.4 Å². The monoisotopic (exact) mass is 299 g/mol. The van der Waals surface area contributed by atoms with Crippen molar-refractivity contribution in [3.8, 4) is 0 Å². The number of anilines is 1. The molecule has 20 heavy (non-hydrogen) atoms. The quantitative estimate of drug-likeness (QED) is 0.756. The lowest BCUT2D eigenvalue weighted by Gasteiger charge is -2.23. The average molecular weight is 300 g/mol. The third-order valence-corrected chi connectivity index (χ3v) is 2.87. The van der Waals surface area contributed by atoms with Crippen molar-refractivity contribution in [1.29, 1.82) is 0 Å². The highest BCUT2D eigenvalue weighted by molar-refractivity contribution is 5.94. The molecule has 0 spiro atoms. The largest absolute Gasteiger partial charge is 0.375 e. The Hall–Kier alpha value is -1.63. The summed E-state index contributed by atoms with van der Waals surface area (Å²) < 4.78 is 5.45. The van der Waals surface area contributed by atoms with E-state index in [2.05, 4.69) is 10.6 Å². The van der Waals surface area contributed by atoms with Crippen molar-refractivity contribution in [2.24, 2.45) is 5.73 Å². The van der Waals surface area contributed by atoms with Gasteiger partial charge < -0.3 is 21.1 Å². The topological polar surface area (TPSA) is 93.5 Å². The maximum absolute atomic E-state index is 11.8. The number of carbonyl (C=O) groups excluding carboxylic acids is 2. The molecule has 1 heterocycles. The fourth-order valence-electron chi connectivity index (χ4n) is 1.89. The summed E-state index contributed by atoms with van der Waals surface area (Å²) in [5.74, 6) is -0.597. The number of hydrogen-bond donors (Lipinski definition) is 3. The molecule has 2 amide bonds. The van der Waals surface area contributed by atoms with Gasteiger partial charge in [0, 0.05) is 24.3 Å². The molecule has 110 valence electrons. The molecule has 1 aliphatic rings. The number of carbonyl (C=O) groups is 2. The number of hydrogen-bond acceptors (Lipinski definition) is 4. The fraction of sp³-hybridized carbons (Fsp3) is 0.385. The number of nitrogens with two attached hydrogens (primary N) is 1. The second kappa shape index (κ2) is 7.84. The maximum atomic E-state index is 11.8. The van der Waals surface area contributed by atoms with Crippen LogP contribution in [-0.4, -0.2) is 37.6 Å². The number of amides is 2. The fourth-order valence-corrected chi connectivity index (χ4v) is 1.89. The minimum atomic E-state index is -0.487. The van der Waals surface area contributed by atoms with Gasteiger partial charge in [-0.05, 0) is 24.3 Å². The summed E-state index contributed by atoms with van der Waals surface area (Å²) >= 11 is 0. The molecule has 6 nitrogen and oxygen atoms in total. The van der Waals surface area contributed by atoms with E-state index < -0.39 is 5.91 Å². The van der Waals surface area contributed by atoms with Crippen LogP contribution in [0.3, 0.4) is 0 Å². The molecule has 0 bridgehead atoms. The van der Waals surface area contributed by atoms with Crippen LogP contribution in [0.4, 0.5) is 5.69 Å². The van der Waals surface area contributed by atoms with E-state index in [0.29, 0.717) is 30.8 Å². The molecule has 0 aromatic heterocycles. The van der Waals surface area contributed by atoms with Gasteiger partial charge in [-0.25, -0.2) is 0 Å². The molecule has 7 heteroatoms. The zero-order chi connectivity index (χ0) is 13.7. The zero-order valence-corrected chi connectivity index (χ0v) is 11.7. The highest BCUT2D eigenvalue weighted by Crippen LogP contribution is 2.10. The first-order chi connectivity index (χ1) is 9.15. The Labute approximate surface area is 123 Å². The average Bonchev–Trinajstić information content (AvgIpc) is 2.40. The van der Waals surface area contributed by atoms with Crippen molar-refractivity contribution in [2.75, 3.05) is 25.0 Å². The Morgan fingerprint density at radius 3 is 2.60 bits per heavy atom. The molecular formula is C13H18ClN3O3. The number of primary amides is 1. The Balaban J connectivity index is 0.00000200. The molecule has 1 aliphatic heterocycles. The van der Waals surface area contributed by atoms with Crippen molar-refractivity contribution >= 4 is 29.9 Å². The van der Waals surface area contributed by atoms with Crippen LogP contribution in [0.15, 0.2) is 24.3 Å². The van der Waals surface area contributed by atoms with Crippen molar-refractivity contribution < 1.29 is 14.3 Å². The van der Waals surface area contributed by atoms with E-state index in [9.17, 15) is 9.59 Å². The number of benzene rings is 1. The number of nitrogens with one attached hydrogen (secondary N) is 2. The molecule has 1 aromatic carbocycles. The predicted octanol–water partition coefficient (Wildman–Crippen LogP) is 0.524. The van der Waals surface area contributed by atoms with Crippen LogP contribution >= 0.6 is 12.4 Å². The van der Waals surface area contributed by atoms with Crippen molar-refractivity contribution in [3.05, 3.63) is 29.8 Å². The first-order valence-electron chi connectivity index (χ1n) is 6.17. The zero-order valence-electron chi connectivity index (χ0n) is 10.9. The molecule has 1 fully saturated rings. The first kappa shape index (κ1) is 16.4. The molecule has 1 saturated heterocycles. The summed E-state index contributed by atoms with van der Waals surface area (Å²) in [5.41, 5.74) is 6.19. The van der Waals surface area contributed by atoms with Crippen LogP contribution in [0.2, 0.25) is 0 Å². The lowest BCUT2D eigenvalue weighted by molar-refractivity contribution is -0.119. The minimum Gasteiger partial charge on any atom is -0.375 e. The third kappa shape index (κ3) is 4.80. The van der Waals surface area contributed by atoms with E-state index in [1.165, 1.54) is 0 Å². The smallest absolute Gasteiger partial charge is 0.248 e. The molecule has 2 rings (SSSR count). The normalized spacial score (nSPS) is 17.9. The molecule has 1 atom stereocenters. The van der Waals surface area contributed by atoms with Gasteiger partial charge >= 0.3 is 0 Å². The summed E-state index contributed by atoms with van der Waals surface area (Å²) in [6.07, 6.45) is 0.226. The van der Waals surface area contributed by atoms with Gasteiger partial charge in [-0.1, -0.05) is 0 Å². The first-order valence-corrected chi connectivity index (χ1v) is 6.17. The highest BCUT2D eigenvalue weighted by atomic mass is 35.5. The van der Waals surface area contributed by atoms with Crippen LogP contribution in [0.5, 0.6) is 0 Å². The molecule has 1 unspecified atom stereocenters. The SMILES string of the molecule is Cl.NC(=O)c1ccc(NC(=O)CC2CNCCO2)cc1. The molecule has 1 aromatic rings. The number of morpholine rings is 1. The van der Waals surface area contributed by atoms with E-state index in [0.717, 1.165) is 6.54 Å². The van der Waals surface area contributed by atoms with Crippen LogP contribution in [0.1, 0.15) is 16.8 Å². The van der Waals surface area contributed by atoms with Crippen LogP contribution in [-0.2, 0) is 9.53 Å². The van der Waals surface area contributed by atoms with Gasteiger partial charge in [0.1, 0.15) is 0 Å². The molecule has 0 saturated carbocycles. The summed E-state index contributed by atoms with van der Waals surface area (Å²) in [7, 11) is 0. The summed E-state index contributed by atoms with van der Waals surface area (Å²) in [6, 6.07) is 6.46. The Kier molecular flexibility index (Phi) is 6.44. The lowest BCUT2D eigenvalue weighted by atomic mass is 10.2. The van der Waals surface area contributed by atoms with Crippen molar-refractivity contribution in [3.63, 3.8) is 0 Å². The van der Waals surface area contributed by atoms with E-state index in [4.69, 9.17) is 10.5 Å². The van der Waals surface area contributed by atoms with Gasteiger partial charge in [0.25, 0.3) is 0 Å². The number of halogens is 1. The van der Waals surface area contributed by atoms with Gasteiger partial charge in [-0.15, -0.1) is 12.4 Å². The predicted molar refractivity (Wildman–Crippen MR) is 78.1 cm³/mol. The standard InChI is InChI=1S/C13H17N3O3.ClH/c14-13(18)9-1-3-10(4-2-9)16-12(17)7-11-8-15-5-6-19-11;/h1-4,11,15H,5-8H2,(H2,14,18)(H,16,17);1H. The van der Waals surface area contributed by atoms with Crippen molar-refractivity contribution in [1.82, 2.24) is 5.32 Å². The van der Waals surface area contributed by atoms with Crippen LogP contribution in [0.25, 0.3) is 0 Å².